The summed E-state index contributed by atoms with van der Waals surface area (Å²) in [6, 6.07) is 16.7. The average molecular weight is 390 g/mol. The summed E-state index contributed by atoms with van der Waals surface area (Å²) >= 11 is 0. The van der Waals surface area contributed by atoms with Crippen molar-refractivity contribution in [2.45, 2.75) is 50.9 Å². The quantitative estimate of drug-likeness (QED) is 0.756. The van der Waals surface area contributed by atoms with Gasteiger partial charge in [-0.05, 0) is 97.9 Å². The SMILES string of the molecule is COc1ccc(C(=O)NCC23C[C@H]4C[C@H](C2)CC(c2ccc(C)cc2)(C4)C3)cc1. The maximum atomic E-state index is 12.8. The van der Waals surface area contributed by atoms with Gasteiger partial charge in [0.2, 0.25) is 0 Å². The van der Waals surface area contributed by atoms with Crippen LogP contribution in [0.5, 0.6) is 5.75 Å². The van der Waals surface area contributed by atoms with Crippen molar-refractivity contribution in [3.05, 3.63) is 65.2 Å². The Hall–Kier alpha value is -2.29. The molecule has 4 bridgehead atoms. The second-order valence-electron chi connectivity index (χ2n) is 10.0. The molecule has 3 nitrogen and oxygen atoms in total. The number of hydrogen-bond donors (Lipinski definition) is 1. The standard InChI is InChI=1S/C26H31NO2/c1-18-3-7-22(8-4-18)26-14-19-11-20(15-26)13-25(12-19,16-26)17-27-24(28)21-5-9-23(29-2)10-6-21/h3-10,19-20H,11-17H2,1-2H3,(H,27,28)/t19-,20-,25?,26?/m1/s1. The smallest absolute Gasteiger partial charge is 0.251 e. The molecule has 6 rings (SSSR count). The molecule has 29 heavy (non-hydrogen) atoms. The molecular formula is C26H31NO2. The van der Waals surface area contributed by atoms with E-state index in [0.717, 1.165) is 24.1 Å². The van der Waals surface area contributed by atoms with E-state index in [0.29, 0.717) is 11.0 Å². The van der Waals surface area contributed by atoms with Gasteiger partial charge in [0.25, 0.3) is 5.91 Å². The first-order chi connectivity index (χ1) is 14.0. The largest absolute Gasteiger partial charge is 0.497 e. The number of carbonyl (C=O) groups is 1. The molecule has 1 N–H and O–H groups in total. The number of aryl methyl sites for hydroxylation is 1. The molecule has 1 amide bonds. The van der Waals surface area contributed by atoms with Crippen molar-refractivity contribution in [2.24, 2.45) is 17.3 Å². The Morgan fingerprint density at radius 2 is 1.66 bits per heavy atom. The maximum Gasteiger partial charge on any atom is 0.251 e. The molecule has 4 fully saturated rings. The molecule has 2 aromatic rings. The molecule has 0 aliphatic heterocycles. The summed E-state index contributed by atoms with van der Waals surface area (Å²) in [6.45, 7) is 2.97. The Labute approximate surface area is 173 Å². The zero-order chi connectivity index (χ0) is 20.1. The molecule has 3 heteroatoms. The summed E-state index contributed by atoms with van der Waals surface area (Å²) in [5.74, 6) is 2.45. The highest BCUT2D eigenvalue weighted by Crippen LogP contribution is 2.65. The van der Waals surface area contributed by atoms with E-state index in [4.69, 9.17) is 4.74 Å². The van der Waals surface area contributed by atoms with Gasteiger partial charge in [-0.15, -0.1) is 0 Å². The number of rotatable bonds is 5. The number of hydrogen-bond acceptors (Lipinski definition) is 2. The lowest BCUT2D eigenvalue weighted by Crippen LogP contribution is -2.57. The van der Waals surface area contributed by atoms with E-state index in [-0.39, 0.29) is 11.3 Å². The van der Waals surface area contributed by atoms with E-state index >= 15 is 0 Å². The lowest BCUT2D eigenvalue weighted by molar-refractivity contribution is -0.0697. The third-order valence-corrected chi connectivity index (χ3v) is 7.82. The van der Waals surface area contributed by atoms with E-state index in [2.05, 4.69) is 36.5 Å². The van der Waals surface area contributed by atoms with Crippen LogP contribution < -0.4 is 10.1 Å². The van der Waals surface area contributed by atoms with Gasteiger partial charge in [0.15, 0.2) is 0 Å². The molecule has 152 valence electrons. The summed E-state index contributed by atoms with van der Waals surface area (Å²) in [6.07, 6.45) is 7.84. The van der Waals surface area contributed by atoms with E-state index < -0.39 is 0 Å². The summed E-state index contributed by atoms with van der Waals surface area (Å²) in [4.78, 5) is 12.8. The van der Waals surface area contributed by atoms with Crippen LogP contribution >= 0.6 is 0 Å². The number of carbonyl (C=O) groups excluding carboxylic acids is 1. The highest BCUT2D eigenvalue weighted by Gasteiger charge is 2.58. The summed E-state index contributed by atoms with van der Waals surface area (Å²) in [7, 11) is 1.64. The van der Waals surface area contributed by atoms with Crippen LogP contribution in [-0.4, -0.2) is 19.6 Å². The highest BCUT2D eigenvalue weighted by atomic mass is 16.5. The Morgan fingerprint density at radius 1 is 1.00 bits per heavy atom. The molecule has 4 aliphatic rings. The predicted octanol–water partition coefficient (Wildman–Crippen LogP) is 5.27. The fourth-order valence-electron chi connectivity index (χ4n) is 7.02. The van der Waals surface area contributed by atoms with Gasteiger partial charge >= 0.3 is 0 Å². The Kier molecular flexibility index (Phi) is 4.45. The van der Waals surface area contributed by atoms with E-state index in [9.17, 15) is 4.79 Å². The Bertz CT molecular complexity index is 885. The molecule has 0 heterocycles. The van der Waals surface area contributed by atoms with Gasteiger partial charge < -0.3 is 10.1 Å². The number of benzene rings is 2. The van der Waals surface area contributed by atoms with Crippen molar-refractivity contribution < 1.29 is 9.53 Å². The van der Waals surface area contributed by atoms with Crippen molar-refractivity contribution in [2.75, 3.05) is 13.7 Å². The fraction of sp³-hybridized carbons (Fsp3) is 0.500. The molecule has 4 saturated carbocycles. The second-order valence-corrected chi connectivity index (χ2v) is 10.0. The van der Waals surface area contributed by atoms with Gasteiger partial charge in [0, 0.05) is 12.1 Å². The van der Waals surface area contributed by atoms with Crippen LogP contribution in [0, 0.1) is 24.2 Å². The van der Waals surface area contributed by atoms with Crippen LogP contribution in [0.4, 0.5) is 0 Å². The van der Waals surface area contributed by atoms with Crippen LogP contribution in [-0.2, 0) is 5.41 Å². The van der Waals surface area contributed by atoms with Crippen molar-refractivity contribution in [1.82, 2.24) is 5.32 Å². The highest BCUT2D eigenvalue weighted by molar-refractivity contribution is 5.94. The maximum absolute atomic E-state index is 12.8. The predicted molar refractivity (Wildman–Crippen MR) is 115 cm³/mol. The van der Waals surface area contributed by atoms with E-state index in [1.54, 1.807) is 7.11 Å². The van der Waals surface area contributed by atoms with Crippen LogP contribution in [0.3, 0.4) is 0 Å². The van der Waals surface area contributed by atoms with E-state index in [1.807, 2.05) is 24.3 Å². The molecular weight excluding hydrogens is 358 g/mol. The normalized spacial score (nSPS) is 32.2. The molecule has 0 spiro atoms. The number of ether oxygens (including phenoxy) is 1. The first kappa shape index (κ1) is 18.7. The van der Waals surface area contributed by atoms with Crippen LogP contribution in [0.1, 0.15) is 60.0 Å². The molecule has 4 aliphatic carbocycles. The van der Waals surface area contributed by atoms with Crippen LogP contribution in [0.25, 0.3) is 0 Å². The molecule has 2 aromatic carbocycles. The molecule has 0 aromatic heterocycles. The molecule has 0 unspecified atom stereocenters. The van der Waals surface area contributed by atoms with Crippen molar-refractivity contribution >= 4 is 5.91 Å². The number of methoxy groups -OCH3 is 1. The first-order valence-corrected chi connectivity index (χ1v) is 11.0. The average Bonchev–Trinajstić information content (AvgIpc) is 2.71. The molecule has 0 saturated heterocycles. The van der Waals surface area contributed by atoms with Crippen molar-refractivity contribution in [3.63, 3.8) is 0 Å². The second kappa shape index (κ2) is 6.90. The van der Waals surface area contributed by atoms with Gasteiger partial charge in [-0.1, -0.05) is 29.8 Å². The minimum atomic E-state index is 0.0350. The third-order valence-electron chi connectivity index (χ3n) is 7.82. The van der Waals surface area contributed by atoms with Gasteiger partial charge in [-0.25, -0.2) is 0 Å². The Morgan fingerprint density at radius 3 is 2.28 bits per heavy atom. The van der Waals surface area contributed by atoms with Gasteiger partial charge in [0.05, 0.1) is 7.11 Å². The lowest BCUT2D eigenvalue weighted by atomic mass is 9.43. The minimum Gasteiger partial charge on any atom is -0.497 e. The van der Waals surface area contributed by atoms with Gasteiger partial charge in [0.1, 0.15) is 5.75 Å². The van der Waals surface area contributed by atoms with E-state index in [1.165, 1.54) is 49.7 Å². The van der Waals surface area contributed by atoms with Gasteiger partial charge in [-0.2, -0.15) is 0 Å². The number of nitrogens with one attached hydrogen (secondary N) is 1. The molecule has 0 radical (unpaired) electrons. The lowest BCUT2D eigenvalue weighted by Gasteiger charge is -2.62. The van der Waals surface area contributed by atoms with Gasteiger partial charge in [-0.3, -0.25) is 4.79 Å². The summed E-state index contributed by atoms with van der Waals surface area (Å²) in [5.41, 5.74) is 4.16. The monoisotopic (exact) mass is 389 g/mol. The third kappa shape index (κ3) is 3.35. The van der Waals surface area contributed by atoms with Crippen LogP contribution in [0.2, 0.25) is 0 Å². The minimum absolute atomic E-state index is 0.0350. The summed E-state index contributed by atoms with van der Waals surface area (Å²) in [5, 5.41) is 3.29. The first-order valence-electron chi connectivity index (χ1n) is 11.0. The Balaban J connectivity index is 1.34. The topological polar surface area (TPSA) is 38.3 Å². The zero-order valence-corrected chi connectivity index (χ0v) is 17.5. The number of amides is 1. The van der Waals surface area contributed by atoms with Crippen molar-refractivity contribution in [3.8, 4) is 5.75 Å². The molecule has 2 atom stereocenters. The van der Waals surface area contributed by atoms with Crippen LogP contribution in [0.15, 0.2) is 48.5 Å². The fourth-order valence-corrected chi connectivity index (χ4v) is 7.02. The van der Waals surface area contributed by atoms with Crippen molar-refractivity contribution in [1.29, 1.82) is 0 Å². The summed E-state index contributed by atoms with van der Waals surface area (Å²) < 4.78 is 5.20. The zero-order valence-electron chi connectivity index (χ0n) is 17.5.